The standard InChI is InChI=1S/C26H25N7O2/c1-16-10-17(5-8-24(16)35-18-6-7-23-21(11-18)30-15-33(23)2)31-25-19(12-27-14-29-25)26-32-22(13-34-26)20-4-3-9-28-20/h5-8,10-15,20,28H,3-4,9H2,1-2H3,(H,27,29,31). The maximum atomic E-state index is 6.14. The van der Waals surface area contributed by atoms with Crippen LogP contribution < -0.4 is 15.4 Å². The second kappa shape index (κ2) is 8.84. The molecular formula is C26H25N7O2. The number of nitrogens with zero attached hydrogens (tertiary/aromatic N) is 5. The van der Waals surface area contributed by atoms with Crippen LogP contribution in [0.5, 0.6) is 11.5 Å². The molecule has 4 heterocycles. The highest BCUT2D eigenvalue weighted by Gasteiger charge is 2.21. The highest BCUT2D eigenvalue weighted by atomic mass is 16.5. The summed E-state index contributed by atoms with van der Waals surface area (Å²) in [7, 11) is 1.97. The lowest BCUT2D eigenvalue weighted by atomic mass is 10.2. The first-order valence-corrected chi connectivity index (χ1v) is 11.6. The molecule has 0 aliphatic carbocycles. The van der Waals surface area contributed by atoms with Crippen LogP contribution in [0.15, 0.2) is 65.9 Å². The Labute approximate surface area is 202 Å². The quantitative estimate of drug-likeness (QED) is 0.347. The van der Waals surface area contributed by atoms with Gasteiger partial charge in [0, 0.05) is 25.0 Å². The van der Waals surface area contributed by atoms with E-state index in [4.69, 9.17) is 14.1 Å². The van der Waals surface area contributed by atoms with Crippen molar-refractivity contribution >= 4 is 22.5 Å². The van der Waals surface area contributed by atoms with E-state index in [9.17, 15) is 0 Å². The predicted octanol–water partition coefficient (Wildman–Crippen LogP) is 5.29. The van der Waals surface area contributed by atoms with Crippen molar-refractivity contribution in [3.05, 3.63) is 72.8 Å². The summed E-state index contributed by atoms with van der Waals surface area (Å²) >= 11 is 0. The zero-order valence-corrected chi connectivity index (χ0v) is 19.5. The largest absolute Gasteiger partial charge is 0.457 e. The van der Waals surface area contributed by atoms with E-state index in [1.165, 1.54) is 6.33 Å². The molecule has 1 fully saturated rings. The molecule has 0 radical (unpaired) electrons. The lowest BCUT2D eigenvalue weighted by Crippen LogP contribution is -2.13. The van der Waals surface area contributed by atoms with Crippen LogP contribution in [0.4, 0.5) is 11.5 Å². The molecule has 0 amide bonds. The van der Waals surface area contributed by atoms with Gasteiger partial charge in [0.05, 0.1) is 34.7 Å². The Morgan fingerprint density at radius 3 is 2.97 bits per heavy atom. The smallest absolute Gasteiger partial charge is 0.231 e. The molecule has 0 bridgehead atoms. The summed E-state index contributed by atoms with van der Waals surface area (Å²) in [5.41, 5.74) is 5.44. The van der Waals surface area contributed by atoms with E-state index >= 15 is 0 Å². The zero-order chi connectivity index (χ0) is 23.8. The van der Waals surface area contributed by atoms with E-state index < -0.39 is 0 Å². The Balaban J connectivity index is 1.22. The summed E-state index contributed by atoms with van der Waals surface area (Å²) in [4.78, 5) is 17.7. The maximum Gasteiger partial charge on any atom is 0.231 e. The Bertz CT molecular complexity index is 1500. The fourth-order valence-electron chi connectivity index (χ4n) is 4.38. The van der Waals surface area contributed by atoms with E-state index in [1.807, 2.05) is 54.9 Å². The average Bonchev–Trinajstić information content (AvgIpc) is 3.63. The Kier molecular flexibility index (Phi) is 5.38. The van der Waals surface area contributed by atoms with Crippen LogP contribution in [-0.2, 0) is 7.05 Å². The van der Waals surface area contributed by atoms with Crippen LogP contribution in [-0.4, -0.2) is 31.0 Å². The number of ether oxygens (including phenoxy) is 1. The van der Waals surface area contributed by atoms with Crippen LogP contribution in [0.25, 0.3) is 22.5 Å². The number of aryl methyl sites for hydroxylation is 2. The number of rotatable bonds is 6. The second-order valence-corrected chi connectivity index (χ2v) is 8.72. The summed E-state index contributed by atoms with van der Waals surface area (Å²) < 4.78 is 13.9. The van der Waals surface area contributed by atoms with Crippen LogP contribution in [0.3, 0.4) is 0 Å². The number of hydrogen-bond donors (Lipinski definition) is 2. The van der Waals surface area contributed by atoms with E-state index in [2.05, 4.69) is 25.6 Å². The van der Waals surface area contributed by atoms with Crippen molar-refractivity contribution in [1.82, 2.24) is 29.8 Å². The Morgan fingerprint density at radius 2 is 2.11 bits per heavy atom. The normalized spacial score (nSPS) is 15.5. The number of hydrogen-bond acceptors (Lipinski definition) is 8. The lowest BCUT2D eigenvalue weighted by Gasteiger charge is -2.12. The summed E-state index contributed by atoms with van der Waals surface area (Å²) in [6.07, 6.45) is 8.94. The maximum absolute atomic E-state index is 6.14. The van der Waals surface area contributed by atoms with Crippen molar-refractivity contribution in [1.29, 1.82) is 0 Å². The third-order valence-corrected chi connectivity index (χ3v) is 6.24. The molecule has 9 heteroatoms. The molecule has 1 aliphatic heterocycles. The first-order valence-electron chi connectivity index (χ1n) is 11.6. The zero-order valence-electron chi connectivity index (χ0n) is 19.5. The fraction of sp³-hybridized carbons (Fsp3) is 0.231. The summed E-state index contributed by atoms with van der Waals surface area (Å²) in [5.74, 6) is 2.64. The van der Waals surface area contributed by atoms with Crippen molar-refractivity contribution in [2.75, 3.05) is 11.9 Å². The molecule has 3 aromatic heterocycles. The minimum atomic E-state index is 0.238. The lowest BCUT2D eigenvalue weighted by molar-refractivity contribution is 0.479. The molecule has 1 atom stereocenters. The number of benzene rings is 2. The molecule has 0 spiro atoms. The predicted molar refractivity (Wildman–Crippen MR) is 133 cm³/mol. The van der Waals surface area contributed by atoms with E-state index in [0.29, 0.717) is 17.3 Å². The summed E-state index contributed by atoms with van der Waals surface area (Å²) in [6, 6.07) is 12.1. The molecule has 2 aromatic carbocycles. The molecular weight excluding hydrogens is 442 g/mol. The second-order valence-electron chi connectivity index (χ2n) is 8.72. The number of fused-ring (bicyclic) bond motifs is 1. The molecule has 2 N–H and O–H groups in total. The summed E-state index contributed by atoms with van der Waals surface area (Å²) in [5, 5.41) is 6.82. The Hall–Kier alpha value is -4.24. The first-order chi connectivity index (χ1) is 17.1. The van der Waals surface area contributed by atoms with E-state index in [1.54, 1.807) is 18.8 Å². The SMILES string of the molecule is Cc1cc(Nc2ncncc2-c2nc(C3CCCN3)co2)ccc1Oc1ccc2c(c1)ncn2C. The number of nitrogens with one attached hydrogen (secondary N) is 2. The average molecular weight is 468 g/mol. The van der Waals surface area contributed by atoms with Crippen LogP contribution in [0.1, 0.15) is 30.1 Å². The molecule has 6 rings (SSSR count). The molecule has 35 heavy (non-hydrogen) atoms. The minimum Gasteiger partial charge on any atom is -0.457 e. The van der Waals surface area contributed by atoms with Gasteiger partial charge < -0.3 is 24.4 Å². The van der Waals surface area contributed by atoms with Crippen molar-refractivity contribution < 1.29 is 9.15 Å². The van der Waals surface area contributed by atoms with Crippen LogP contribution in [0, 0.1) is 6.92 Å². The van der Waals surface area contributed by atoms with E-state index in [0.717, 1.165) is 58.9 Å². The molecule has 176 valence electrons. The van der Waals surface area contributed by atoms with Gasteiger partial charge in [-0.2, -0.15) is 0 Å². The van der Waals surface area contributed by atoms with Gasteiger partial charge in [-0.05, 0) is 62.2 Å². The van der Waals surface area contributed by atoms with Gasteiger partial charge in [0.15, 0.2) is 0 Å². The molecule has 1 saturated heterocycles. The molecule has 1 unspecified atom stereocenters. The van der Waals surface area contributed by atoms with Crippen molar-refractivity contribution in [3.8, 4) is 23.0 Å². The van der Waals surface area contributed by atoms with Gasteiger partial charge in [0.1, 0.15) is 29.9 Å². The van der Waals surface area contributed by atoms with Gasteiger partial charge in [-0.1, -0.05) is 0 Å². The number of aromatic nitrogens is 5. The molecule has 1 aliphatic rings. The summed E-state index contributed by atoms with van der Waals surface area (Å²) in [6.45, 7) is 3.01. The van der Waals surface area contributed by atoms with Crippen molar-refractivity contribution in [3.63, 3.8) is 0 Å². The van der Waals surface area contributed by atoms with Gasteiger partial charge in [-0.25, -0.2) is 19.9 Å². The highest BCUT2D eigenvalue weighted by Crippen LogP contribution is 2.33. The number of anilines is 2. The third-order valence-electron chi connectivity index (χ3n) is 6.24. The van der Waals surface area contributed by atoms with Crippen LogP contribution >= 0.6 is 0 Å². The van der Waals surface area contributed by atoms with Gasteiger partial charge in [-0.3, -0.25) is 0 Å². The van der Waals surface area contributed by atoms with Crippen molar-refractivity contribution in [2.24, 2.45) is 7.05 Å². The van der Waals surface area contributed by atoms with Crippen molar-refractivity contribution in [2.45, 2.75) is 25.8 Å². The number of oxazole rings is 1. The minimum absolute atomic E-state index is 0.238. The molecule has 0 saturated carbocycles. The van der Waals surface area contributed by atoms with Gasteiger partial charge in [0.25, 0.3) is 0 Å². The van der Waals surface area contributed by atoms with Crippen LogP contribution in [0.2, 0.25) is 0 Å². The van der Waals surface area contributed by atoms with Gasteiger partial charge >= 0.3 is 0 Å². The monoisotopic (exact) mass is 467 g/mol. The topological polar surface area (TPSA) is 103 Å². The van der Waals surface area contributed by atoms with Gasteiger partial charge in [0.2, 0.25) is 5.89 Å². The highest BCUT2D eigenvalue weighted by molar-refractivity contribution is 5.77. The Morgan fingerprint density at radius 1 is 1.17 bits per heavy atom. The van der Waals surface area contributed by atoms with E-state index in [-0.39, 0.29) is 6.04 Å². The molecule has 5 aromatic rings. The first kappa shape index (κ1) is 21.3. The third kappa shape index (κ3) is 4.22. The molecule has 9 nitrogen and oxygen atoms in total. The number of imidazole rings is 1. The fourth-order valence-corrected chi connectivity index (χ4v) is 4.38. The van der Waals surface area contributed by atoms with Gasteiger partial charge in [-0.15, -0.1) is 0 Å².